The molecular formula is C19H20ClN5. The zero-order valence-corrected chi connectivity index (χ0v) is 15.0. The molecule has 1 aromatic heterocycles. The molecule has 6 heteroatoms. The normalized spacial score (nSPS) is 10.5. The second-order valence-corrected chi connectivity index (χ2v) is 6.11. The van der Waals surface area contributed by atoms with E-state index >= 15 is 0 Å². The van der Waals surface area contributed by atoms with Crippen LogP contribution in [0, 0.1) is 6.92 Å². The Hall–Kier alpha value is -2.79. The van der Waals surface area contributed by atoms with Crippen LogP contribution in [-0.4, -0.2) is 16.5 Å². The predicted octanol–water partition coefficient (Wildman–Crippen LogP) is 4.92. The Morgan fingerprint density at radius 1 is 1.12 bits per heavy atom. The standard InChI is InChI=1S/C19H20ClN5/c1-3-25(16-6-4-5-13(2)11-16)19-17(21)18(22-12-23-19)24-15-9-7-14(20)8-10-15/h4-12H,3,21H2,1-2H3,(H,22,23,24). The van der Waals surface area contributed by atoms with E-state index in [0.717, 1.165) is 17.9 Å². The number of nitrogens with zero attached hydrogens (tertiary/aromatic N) is 3. The monoisotopic (exact) mass is 353 g/mol. The van der Waals surface area contributed by atoms with E-state index < -0.39 is 0 Å². The van der Waals surface area contributed by atoms with Gasteiger partial charge in [0.25, 0.3) is 0 Å². The van der Waals surface area contributed by atoms with E-state index in [1.54, 1.807) is 0 Å². The summed E-state index contributed by atoms with van der Waals surface area (Å²) in [6.07, 6.45) is 1.52. The first-order valence-electron chi connectivity index (χ1n) is 8.05. The lowest BCUT2D eigenvalue weighted by atomic mass is 10.2. The van der Waals surface area contributed by atoms with E-state index in [0.29, 0.717) is 22.3 Å². The minimum absolute atomic E-state index is 0.501. The zero-order chi connectivity index (χ0) is 17.8. The number of anilines is 5. The number of nitrogen functional groups attached to an aromatic ring is 1. The molecule has 0 saturated carbocycles. The Bertz CT molecular complexity index is 864. The van der Waals surface area contributed by atoms with Gasteiger partial charge in [0.05, 0.1) is 0 Å². The molecule has 0 aliphatic rings. The molecule has 3 aromatic rings. The molecule has 0 radical (unpaired) electrons. The van der Waals surface area contributed by atoms with Crippen LogP contribution in [-0.2, 0) is 0 Å². The number of nitrogens with one attached hydrogen (secondary N) is 1. The number of halogens is 1. The first-order valence-corrected chi connectivity index (χ1v) is 8.43. The van der Waals surface area contributed by atoms with Crippen LogP contribution in [0.2, 0.25) is 5.02 Å². The van der Waals surface area contributed by atoms with Crippen molar-refractivity contribution in [2.75, 3.05) is 22.5 Å². The van der Waals surface area contributed by atoms with E-state index in [2.05, 4.69) is 46.2 Å². The Balaban J connectivity index is 1.95. The first-order chi connectivity index (χ1) is 12.1. The Morgan fingerprint density at radius 2 is 1.88 bits per heavy atom. The van der Waals surface area contributed by atoms with Gasteiger partial charge in [-0.25, -0.2) is 9.97 Å². The summed E-state index contributed by atoms with van der Waals surface area (Å²) in [4.78, 5) is 10.7. The second-order valence-electron chi connectivity index (χ2n) is 5.67. The Morgan fingerprint density at radius 3 is 2.56 bits per heavy atom. The van der Waals surface area contributed by atoms with Crippen LogP contribution in [0.15, 0.2) is 54.9 Å². The van der Waals surface area contributed by atoms with E-state index in [1.807, 2.05) is 36.4 Å². The van der Waals surface area contributed by atoms with Crippen LogP contribution >= 0.6 is 11.6 Å². The van der Waals surface area contributed by atoms with Crippen LogP contribution in [0.25, 0.3) is 0 Å². The highest BCUT2D eigenvalue weighted by Crippen LogP contribution is 2.33. The molecule has 5 nitrogen and oxygen atoms in total. The number of aryl methyl sites for hydroxylation is 1. The lowest BCUT2D eigenvalue weighted by Gasteiger charge is -2.24. The highest BCUT2D eigenvalue weighted by atomic mass is 35.5. The van der Waals surface area contributed by atoms with E-state index in [4.69, 9.17) is 17.3 Å². The van der Waals surface area contributed by atoms with Gasteiger partial charge in [-0.05, 0) is 55.8 Å². The van der Waals surface area contributed by atoms with E-state index in [9.17, 15) is 0 Å². The molecule has 0 aliphatic carbocycles. The fourth-order valence-corrected chi connectivity index (χ4v) is 2.75. The topological polar surface area (TPSA) is 67.1 Å². The summed E-state index contributed by atoms with van der Waals surface area (Å²) in [6.45, 7) is 4.87. The van der Waals surface area contributed by atoms with Gasteiger partial charge in [0.15, 0.2) is 11.6 Å². The Kier molecular flexibility index (Phi) is 5.05. The average molecular weight is 354 g/mol. The molecule has 3 N–H and O–H groups in total. The number of rotatable bonds is 5. The highest BCUT2D eigenvalue weighted by molar-refractivity contribution is 6.30. The fraction of sp³-hybridized carbons (Fsp3) is 0.158. The molecule has 0 bridgehead atoms. The van der Waals surface area contributed by atoms with Crippen molar-refractivity contribution in [2.24, 2.45) is 0 Å². The Labute approximate surface area is 152 Å². The molecule has 0 aliphatic heterocycles. The summed E-state index contributed by atoms with van der Waals surface area (Å²) in [5, 5.41) is 3.90. The molecule has 2 aromatic carbocycles. The molecule has 0 saturated heterocycles. The molecule has 0 atom stereocenters. The SMILES string of the molecule is CCN(c1cccc(C)c1)c1ncnc(Nc2ccc(Cl)cc2)c1N. The van der Waals surface area contributed by atoms with Crippen molar-refractivity contribution in [2.45, 2.75) is 13.8 Å². The molecule has 25 heavy (non-hydrogen) atoms. The molecule has 0 spiro atoms. The van der Waals surface area contributed by atoms with Gasteiger partial charge < -0.3 is 16.0 Å². The average Bonchev–Trinajstić information content (AvgIpc) is 2.61. The highest BCUT2D eigenvalue weighted by Gasteiger charge is 2.16. The predicted molar refractivity (Wildman–Crippen MR) is 105 cm³/mol. The van der Waals surface area contributed by atoms with Crippen LogP contribution < -0.4 is 16.0 Å². The van der Waals surface area contributed by atoms with Gasteiger partial charge in [-0.15, -0.1) is 0 Å². The smallest absolute Gasteiger partial charge is 0.161 e. The number of hydrogen-bond donors (Lipinski definition) is 2. The van der Waals surface area contributed by atoms with Gasteiger partial charge in [0, 0.05) is 22.9 Å². The van der Waals surface area contributed by atoms with Crippen molar-refractivity contribution >= 4 is 40.3 Å². The number of benzene rings is 2. The van der Waals surface area contributed by atoms with Crippen LogP contribution in [0.1, 0.15) is 12.5 Å². The summed E-state index contributed by atoms with van der Waals surface area (Å²) in [6, 6.07) is 15.6. The molecule has 0 amide bonds. The molecule has 3 rings (SSSR count). The summed E-state index contributed by atoms with van der Waals surface area (Å²) in [7, 11) is 0. The molecule has 0 fully saturated rings. The van der Waals surface area contributed by atoms with Crippen molar-refractivity contribution in [3.63, 3.8) is 0 Å². The van der Waals surface area contributed by atoms with E-state index in [1.165, 1.54) is 11.9 Å². The fourth-order valence-electron chi connectivity index (χ4n) is 2.62. The maximum absolute atomic E-state index is 6.36. The van der Waals surface area contributed by atoms with Crippen LogP contribution in [0.4, 0.5) is 28.7 Å². The third-order valence-corrected chi connectivity index (χ3v) is 4.11. The maximum atomic E-state index is 6.36. The third-order valence-electron chi connectivity index (χ3n) is 3.86. The quantitative estimate of drug-likeness (QED) is 0.681. The van der Waals surface area contributed by atoms with Crippen molar-refractivity contribution in [3.8, 4) is 0 Å². The minimum Gasteiger partial charge on any atom is -0.393 e. The van der Waals surface area contributed by atoms with Crippen molar-refractivity contribution < 1.29 is 0 Å². The first kappa shape index (κ1) is 17.0. The van der Waals surface area contributed by atoms with Crippen molar-refractivity contribution in [1.29, 1.82) is 0 Å². The maximum Gasteiger partial charge on any atom is 0.161 e. The lowest BCUT2D eigenvalue weighted by molar-refractivity contribution is 0.979. The number of nitrogens with two attached hydrogens (primary N) is 1. The summed E-state index contributed by atoms with van der Waals surface area (Å²) < 4.78 is 0. The largest absolute Gasteiger partial charge is 0.393 e. The van der Waals surface area contributed by atoms with Crippen molar-refractivity contribution in [1.82, 2.24) is 9.97 Å². The van der Waals surface area contributed by atoms with Gasteiger partial charge >= 0.3 is 0 Å². The summed E-state index contributed by atoms with van der Waals surface area (Å²) in [5.41, 5.74) is 9.95. The van der Waals surface area contributed by atoms with Gasteiger partial charge in [-0.1, -0.05) is 23.7 Å². The zero-order valence-electron chi connectivity index (χ0n) is 14.2. The molecule has 0 unspecified atom stereocenters. The minimum atomic E-state index is 0.501. The number of hydrogen-bond acceptors (Lipinski definition) is 5. The van der Waals surface area contributed by atoms with Gasteiger partial charge in [-0.2, -0.15) is 0 Å². The van der Waals surface area contributed by atoms with Gasteiger partial charge in [-0.3, -0.25) is 0 Å². The molecule has 1 heterocycles. The van der Waals surface area contributed by atoms with Crippen molar-refractivity contribution in [3.05, 3.63) is 65.4 Å². The second kappa shape index (κ2) is 7.40. The molecular weight excluding hydrogens is 334 g/mol. The lowest BCUT2D eigenvalue weighted by Crippen LogP contribution is -2.20. The van der Waals surface area contributed by atoms with Crippen LogP contribution in [0.3, 0.4) is 0 Å². The summed E-state index contributed by atoms with van der Waals surface area (Å²) >= 11 is 5.93. The third kappa shape index (κ3) is 3.83. The molecule has 128 valence electrons. The van der Waals surface area contributed by atoms with E-state index in [-0.39, 0.29) is 0 Å². The van der Waals surface area contributed by atoms with Crippen LogP contribution in [0.5, 0.6) is 0 Å². The number of aromatic nitrogens is 2. The summed E-state index contributed by atoms with van der Waals surface area (Å²) in [5.74, 6) is 1.25. The van der Waals surface area contributed by atoms with Gasteiger partial charge in [0.2, 0.25) is 0 Å². The van der Waals surface area contributed by atoms with Gasteiger partial charge in [0.1, 0.15) is 12.0 Å².